The van der Waals surface area contributed by atoms with Gasteiger partial charge in [0.25, 0.3) is 0 Å². The largest absolute Gasteiger partial charge is 0.317 e. The number of nitrogens with one attached hydrogen (secondary N) is 1. The zero-order valence-corrected chi connectivity index (χ0v) is 11.6. The molecular formula is C15H31N. The van der Waals surface area contributed by atoms with Crippen LogP contribution in [0.25, 0.3) is 0 Å². The van der Waals surface area contributed by atoms with Crippen LogP contribution in [-0.4, -0.2) is 13.1 Å². The summed E-state index contributed by atoms with van der Waals surface area (Å²) in [5.74, 6) is 1.99. The smallest absolute Gasteiger partial charge is 0.00923 e. The number of hydrogen-bond donors (Lipinski definition) is 1. The van der Waals surface area contributed by atoms with Gasteiger partial charge >= 0.3 is 0 Å². The lowest BCUT2D eigenvalue weighted by Crippen LogP contribution is -2.35. The van der Waals surface area contributed by atoms with E-state index in [1.54, 1.807) is 0 Å². The molecule has 0 aromatic carbocycles. The minimum atomic E-state index is 0.796. The van der Waals surface area contributed by atoms with Crippen molar-refractivity contribution in [3.05, 3.63) is 0 Å². The molecule has 1 saturated carbocycles. The van der Waals surface area contributed by atoms with Crippen LogP contribution >= 0.6 is 0 Å². The highest BCUT2D eigenvalue weighted by Crippen LogP contribution is 2.33. The molecule has 0 spiro atoms. The maximum atomic E-state index is 3.56. The Bertz CT molecular complexity index is 156. The minimum absolute atomic E-state index is 0.796. The van der Waals surface area contributed by atoms with Crippen molar-refractivity contribution in [2.24, 2.45) is 11.8 Å². The molecule has 0 radical (unpaired) electrons. The Hall–Kier alpha value is -0.0400. The molecule has 16 heavy (non-hydrogen) atoms. The van der Waals surface area contributed by atoms with E-state index in [-0.39, 0.29) is 0 Å². The minimum Gasteiger partial charge on any atom is -0.317 e. The first-order chi connectivity index (χ1) is 7.81. The van der Waals surface area contributed by atoms with Crippen molar-refractivity contribution >= 4 is 0 Å². The van der Waals surface area contributed by atoms with E-state index >= 15 is 0 Å². The van der Waals surface area contributed by atoms with E-state index in [0.29, 0.717) is 0 Å². The average Bonchev–Trinajstić information content (AvgIpc) is 2.35. The van der Waals surface area contributed by atoms with Crippen LogP contribution < -0.4 is 5.32 Å². The topological polar surface area (TPSA) is 12.0 Å². The summed E-state index contributed by atoms with van der Waals surface area (Å²) in [5.41, 5.74) is 0. The van der Waals surface area contributed by atoms with E-state index in [9.17, 15) is 0 Å². The van der Waals surface area contributed by atoms with Gasteiger partial charge in [-0.1, -0.05) is 52.4 Å². The fourth-order valence-electron chi connectivity index (χ4n) is 3.23. The SMILES string of the molecule is CCCCCC(NC)C1CCC(CC)CC1. The summed E-state index contributed by atoms with van der Waals surface area (Å²) in [5, 5.41) is 3.56. The van der Waals surface area contributed by atoms with Crippen LogP contribution in [0.15, 0.2) is 0 Å². The van der Waals surface area contributed by atoms with Crippen LogP contribution in [0.4, 0.5) is 0 Å². The molecule has 1 unspecified atom stereocenters. The van der Waals surface area contributed by atoms with Crippen molar-refractivity contribution in [3.8, 4) is 0 Å². The molecule has 0 aromatic heterocycles. The van der Waals surface area contributed by atoms with Gasteiger partial charge in [-0.05, 0) is 38.1 Å². The summed E-state index contributed by atoms with van der Waals surface area (Å²) in [7, 11) is 2.16. The van der Waals surface area contributed by atoms with Crippen LogP contribution in [0.5, 0.6) is 0 Å². The van der Waals surface area contributed by atoms with Gasteiger partial charge in [0.05, 0.1) is 0 Å². The van der Waals surface area contributed by atoms with Gasteiger partial charge in [0.1, 0.15) is 0 Å². The first kappa shape index (κ1) is 14.0. The first-order valence-corrected chi connectivity index (χ1v) is 7.49. The quantitative estimate of drug-likeness (QED) is 0.634. The van der Waals surface area contributed by atoms with Gasteiger partial charge in [0.2, 0.25) is 0 Å². The predicted molar refractivity (Wildman–Crippen MR) is 72.7 cm³/mol. The lowest BCUT2D eigenvalue weighted by Gasteiger charge is -2.33. The van der Waals surface area contributed by atoms with E-state index in [0.717, 1.165) is 17.9 Å². The van der Waals surface area contributed by atoms with Crippen molar-refractivity contribution in [3.63, 3.8) is 0 Å². The van der Waals surface area contributed by atoms with Crippen LogP contribution in [0, 0.1) is 11.8 Å². The van der Waals surface area contributed by atoms with Gasteiger partial charge in [0, 0.05) is 6.04 Å². The molecule has 1 rings (SSSR count). The van der Waals surface area contributed by atoms with Gasteiger partial charge < -0.3 is 5.32 Å². The van der Waals surface area contributed by atoms with Crippen molar-refractivity contribution in [1.29, 1.82) is 0 Å². The average molecular weight is 225 g/mol. The molecule has 96 valence electrons. The lowest BCUT2D eigenvalue weighted by atomic mass is 9.76. The van der Waals surface area contributed by atoms with Crippen molar-refractivity contribution < 1.29 is 0 Å². The van der Waals surface area contributed by atoms with E-state index in [4.69, 9.17) is 0 Å². The molecule has 0 aromatic rings. The molecule has 1 heteroatoms. The van der Waals surface area contributed by atoms with Crippen LogP contribution in [0.2, 0.25) is 0 Å². The third kappa shape index (κ3) is 4.45. The Balaban J connectivity index is 2.25. The maximum absolute atomic E-state index is 3.56. The molecule has 1 atom stereocenters. The zero-order chi connectivity index (χ0) is 11.8. The van der Waals surface area contributed by atoms with Crippen molar-refractivity contribution in [2.45, 2.75) is 77.7 Å². The van der Waals surface area contributed by atoms with Crippen molar-refractivity contribution in [1.82, 2.24) is 5.32 Å². The third-order valence-electron chi connectivity index (χ3n) is 4.53. The molecule has 1 fully saturated rings. The Morgan fingerprint density at radius 3 is 2.25 bits per heavy atom. The highest BCUT2D eigenvalue weighted by Gasteiger charge is 2.25. The standard InChI is InChI=1S/C15H31N/c1-4-6-7-8-15(16-3)14-11-9-13(5-2)10-12-14/h13-16H,4-12H2,1-3H3. The Labute approximate surface area is 102 Å². The molecule has 1 N–H and O–H groups in total. The van der Waals surface area contributed by atoms with Gasteiger partial charge in [-0.25, -0.2) is 0 Å². The molecular weight excluding hydrogens is 194 g/mol. The molecule has 1 aliphatic rings. The summed E-state index contributed by atoms with van der Waals surface area (Å²) in [4.78, 5) is 0. The maximum Gasteiger partial charge on any atom is 0.00923 e. The summed E-state index contributed by atoms with van der Waals surface area (Å²) < 4.78 is 0. The fraction of sp³-hybridized carbons (Fsp3) is 1.00. The summed E-state index contributed by atoms with van der Waals surface area (Å²) in [6.07, 6.45) is 12.8. The normalized spacial score (nSPS) is 27.9. The Morgan fingerprint density at radius 1 is 1.06 bits per heavy atom. The molecule has 0 amide bonds. The second-order valence-electron chi connectivity index (χ2n) is 5.58. The highest BCUT2D eigenvalue weighted by atomic mass is 14.9. The van der Waals surface area contributed by atoms with Crippen LogP contribution in [-0.2, 0) is 0 Å². The summed E-state index contributed by atoms with van der Waals surface area (Å²) in [6, 6.07) is 0.796. The van der Waals surface area contributed by atoms with E-state index < -0.39 is 0 Å². The predicted octanol–water partition coefficient (Wildman–Crippen LogP) is 4.37. The monoisotopic (exact) mass is 225 g/mol. The first-order valence-electron chi connectivity index (χ1n) is 7.49. The third-order valence-corrected chi connectivity index (χ3v) is 4.53. The second kappa shape index (κ2) is 8.11. The number of hydrogen-bond acceptors (Lipinski definition) is 1. The van der Waals surface area contributed by atoms with Gasteiger partial charge in [-0.3, -0.25) is 0 Å². The molecule has 0 heterocycles. The lowest BCUT2D eigenvalue weighted by molar-refractivity contribution is 0.214. The second-order valence-corrected chi connectivity index (χ2v) is 5.58. The molecule has 0 saturated heterocycles. The van der Waals surface area contributed by atoms with Gasteiger partial charge in [0.15, 0.2) is 0 Å². The highest BCUT2D eigenvalue weighted by molar-refractivity contribution is 4.80. The van der Waals surface area contributed by atoms with Crippen LogP contribution in [0.3, 0.4) is 0 Å². The molecule has 1 aliphatic carbocycles. The Kier molecular flexibility index (Phi) is 7.11. The number of unbranched alkanes of at least 4 members (excludes halogenated alkanes) is 2. The molecule has 0 aliphatic heterocycles. The van der Waals surface area contributed by atoms with E-state index in [2.05, 4.69) is 26.2 Å². The Morgan fingerprint density at radius 2 is 1.75 bits per heavy atom. The van der Waals surface area contributed by atoms with Crippen LogP contribution in [0.1, 0.15) is 71.6 Å². The fourth-order valence-corrected chi connectivity index (χ4v) is 3.23. The van der Waals surface area contributed by atoms with Gasteiger partial charge in [-0.15, -0.1) is 0 Å². The zero-order valence-electron chi connectivity index (χ0n) is 11.6. The number of rotatable bonds is 7. The summed E-state index contributed by atoms with van der Waals surface area (Å²) >= 11 is 0. The van der Waals surface area contributed by atoms with Gasteiger partial charge in [-0.2, -0.15) is 0 Å². The molecule has 1 nitrogen and oxygen atoms in total. The van der Waals surface area contributed by atoms with Crippen molar-refractivity contribution in [2.75, 3.05) is 7.05 Å². The van der Waals surface area contributed by atoms with E-state index in [1.807, 2.05) is 0 Å². The molecule has 0 bridgehead atoms. The summed E-state index contributed by atoms with van der Waals surface area (Å²) in [6.45, 7) is 4.64. The van der Waals surface area contributed by atoms with E-state index in [1.165, 1.54) is 57.8 Å².